The number of nitrogens with one attached hydrogen (secondary N) is 1. The molecule has 1 unspecified atom stereocenters. The molecular weight excluding hydrogens is 505 g/mol. The molecule has 1 aliphatic rings. The third-order valence-corrected chi connectivity index (χ3v) is 6.37. The van der Waals surface area contributed by atoms with E-state index in [2.05, 4.69) is 24.9 Å². The lowest BCUT2D eigenvalue weighted by Gasteiger charge is -2.24. The minimum Gasteiger partial charge on any atom is -0.364 e. The smallest absolute Gasteiger partial charge is 0.364 e. The van der Waals surface area contributed by atoms with Crippen molar-refractivity contribution in [1.29, 1.82) is 0 Å². The van der Waals surface area contributed by atoms with Gasteiger partial charge in [0.15, 0.2) is 22.8 Å². The summed E-state index contributed by atoms with van der Waals surface area (Å²) in [7, 11) is 0. The second kappa shape index (κ2) is 8.76. The van der Waals surface area contributed by atoms with Crippen molar-refractivity contribution in [3.8, 4) is 17.1 Å². The van der Waals surface area contributed by atoms with Gasteiger partial charge in [0.1, 0.15) is 11.7 Å². The lowest BCUT2D eigenvalue weighted by molar-refractivity contribution is -0.137. The number of carbonyl (C=O) groups is 1. The topological polar surface area (TPSA) is 147 Å². The summed E-state index contributed by atoms with van der Waals surface area (Å²) in [5.74, 6) is -1.05. The highest BCUT2D eigenvalue weighted by molar-refractivity contribution is 6.02. The second-order valence-electron chi connectivity index (χ2n) is 8.78. The maximum Gasteiger partial charge on any atom is 0.418 e. The average molecular weight is 524 g/mol. The van der Waals surface area contributed by atoms with E-state index >= 15 is 0 Å². The molecule has 1 aliphatic heterocycles. The van der Waals surface area contributed by atoms with Crippen LogP contribution in [0.15, 0.2) is 47.7 Å². The van der Waals surface area contributed by atoms with Crippen LogP contribution in [0, 0.1) is 0 Å². The molecule has 11 nitrogen and oxygen atoms in total. The van der Waals surface area contributed by atoms with Crippen LogP contribution in [0.3, 0.4) is 0 Å². The Hall–Kier alpha value is -4.59. The van der Waals surface area contributed by atoms with Crippen LogP contribution in [0.1, 0.15) is 41.5 Å². The lowest BCUT2D eigenvalue weighted by atomic mass is 10.1. The number of para-hydroxylation sites is 1. The van der Waals surface area contributed by atoms with Gasteiger partial charge in [-0.05, 0) is 37.5 Å². The van der Waals surface area contributed by atoms with E-state index in [0.717, 1.165) is 36.0 Å². The fraction of sp³-hybridized carbons (Fsp3) is 0.250. The number of imidazole rings is 2. The molecule has 0 bridgehead atoms. The SMILES string of the molecule is NC(=O)c1nc(-c2cnc3ncn(C4CCCCO4)c3c2)nc2c1[nH]c(=O)n2-c1ccccc1C(F)(F)F. The number of halogens is 3. The number of nitrogens with zero attached hydrogens (tertiary/aromatic N) is 6. The van der Waals surface area contributed by atoms with Gasteiger partial charge in [-0.2, -0.15) is 13.2 Å². The van der Waals surface area contributed by atoms with Gasteiger partial charge in [0.2, 0.25) is 0 Å². The largest absolute Gasteiger partial charge is 0.418 e. The van der Waals surface area contributed by atoms with Gasteiger partial charge < -0.3 is 20.0 Å². The number of aromatic amines is 1. The molecule has 14 heteroatoms. The third-order valence-electron chi connectivity index (χ3n) is 6.37. The normalized spacial score (nSPS) is 16.3. The number of ether oxygens (including phenoxy) is 1. The summed E-state index contributed by atoms with van der Waals surface area (Å²) in [6.45, 7) is 0.615. The number of H-pyrrole nitrogens is 1. The summed E-state index contributed by atoms with van der Waals surface area (Å²) in [5.41, 5.74) is 3.70. The average Bonchev–Trinajstić information content (AvgIpc) is 3.47. The van der Waals surface area contributed by atoms with E-state index in [1.54, 1.807) is 12.4 Å². The number of aromatic nitrogens is 7. The number of alkyl halides is 3. The summed E-state index contributed by atoms with van der Waals surface area (Å²) in [6, 6.07) is 6.25. The van der Waals surface area contributed by atoms with E-state index in [-0.39, 0.29) is 28.9 Å². The monoisotopic (exact) mass is 524 g/mol. The number of nitrogens with two attached hydrogens (primary N) is 1. The zero-order chi connectivity index (χ0) is 26.6. The van der Waals surface area contributed by atoms with Crippen LogP contribution in [0.4, 0.5) is 13.2 Å². The maximum atomic E-state index is 13.8. The molecule has 0 aliphatic carbocycles. The van der Waals surface area contributed by atoms with Crippen LogP contribution in [0.25, 0.3) is 39.4 Å². The number of pyridine rings is 1. The predicted molar refractivity (Wildman–Crippen MR) is 128 cm³/mol. The van der Waals surface area contributed by atoms with Crippen molar-refractivity contribution in [2.24, 2.45) is 5.73 Å². The molecule has 38 heavy (non-hydrogen) atoms. The molecule has 0 spiro atoms. The van der Waals surface area contributed by atoms with E-state index in [4.69, 9.17) is 10.5 Å². The van der Waals surface area contributed by atoms with Crippen molar-refractivity contribution in [2.45, 2.75) is 31.7 Å². The zero-order valence-corrected chi connectivity index (χ0v) is 19.6. The molecule has 1 aromatic carbocycles. The van der Waals surface area contributed by atoms with Gasteiger partial charge in [0, 0.05) is 18.4 Å². The molecule has 5 heterocycles. The summed E-state index contributed by atoms with van der Waals surface area (Å²) in [5, 5.41) is 0. The molecule has 4 aromatic heterocycles. The van der Waals surface area contributed by atoms with Crippen molar-refractivity contribution in [1.82, 2.24) is 34.1 Å². The molecule has 194 valence electrons. The Morgan fingerprint density at radius 1 is 1.16 bits per heavy atom. The zero-order valence-electron chi connectivity index (χ0n) is 19.6. The maximum absolute atomic E-state index is 13.8. The number of benzene rings is 1. The lowest BCUT2D eigenvalue weighted by Crippen LogP contribution is -2.19. The molecule has 1 atom stereocenters. The first kappa shape index (κ1) is 23.8. The second-order valence-corrected chi connectivity index (χ2v) is 8.78. The molecule has 1 fully saturated rings. The predicted octanol–water partition coefficient (Wildman–Crippen LogP) is 3.34. The van der Waals surface area contributed by atoms with E-state index in [0.29, 0.717) is 23.3 Å². The van der Waals surface area contributed by atoms with Crippen LogP contribution < -0.4 is 11.4 Å². The summed E-state index contributed by atoms with van der Waals surface area (Å²) < 4.78 is 49.8. The minimum atomic E-state index is -4.75. The molecule has 6 rings (SSSR count). The molecule has 5 aromatic rings. The summed E-state index contributed by atoms with van der Waals surface area (Å²) in [6.07, 6.45) is 0.800. The van der Waals surface area contributed by atoms with Crippen molar-refractivity contribution >= 4 is 28.2 Å². The Balaban J connectivity index is 1.58. The van der Waals surface area contributed by atoms with Gasteiger partial charge in [-0.3, -0.25) is 4.79 Å². The Morgan fingerprint density at radius 3 is 2.71 bits per heavy atom. The first-order valence-electron chi connectivity index (χ1n) is 11.7. The minimum absolute atomic E-state index is 0.0600. The summed E-state index contributed by atoms with van der Waals surface area (Å²) >= 11 is 0. The Labute approximate surface area is 211 Å². The van der Waals surface area contributed by atoms with Gasteiger partial charge in [0.25, 0.3) is 5.91 Å². The standard InChI is InChI=1S/C24H19F3N8O3/c25-24(26,27)13-5-1-2-6-14(13)35-22-18(32-23(35)37)17(19(28)36)31-20(33-22)12-9-15-21(29-10-12)30-11-34(15)16-7-3-4-8-38-16/h1-2,5-6,9-11,16H,3-4,7-8H2,(H2,28,36)(H,32,37). The van der Waals surface area contributed by atoms with Crippen LogP contribution in [0.2, 0.25) is 0 Å². The van der Waals surface area contributed by atoms with E-state index in [9.17, 15) is 22.8 Å². The summed E-state index contributed by atoms with van der Waals surface area (Å²) in [4.78, 5) is 44.8. The van der Waals surface area contributed by atoms with Gasteiger partial charge in [-0.25, -0.2) is 29.3 Å². The van der Waals surface area contributed by atoms with Crippen LogP contribution in [0.5, 0.6) is 0 Å². The Morgan fingerprint density at radius 2 is 1.97 bits per heavy atom. The molecule has 1 amide bonds. The van der Waals surface area contributed by atoms with Crippen LogP contribution >= 0.6 is 0 Å². The van der Waals surface area contributed by atoms with E-state index < -0.39 is 29.0 Å². The van der Waals surface area contributed by atoms with Crippen molar-refractivity contribution in [2.75, 3.05) is 6.61 Å². The van der Waals surface area contributed by atoms with Crippen LogP contribution in [-0.4, -0.2) is 46.6 Å². The molecule has 3 N–H and O–H groups in total. The first-order chi connectivity index (χ1) is 18.2. The first-order valence-corrected chi connectivity index (χ1v) is 11.7. The number of hydrogen-bond acceptors (Lipinski definition) is 7. The third kappa shape index (κ3) is 3.89. The van der Waals surface area contributed by atoms with Gasteiger partial charge in [0.05, 0.1) is 23.1 Å². The van der Waals surface area contributed by atoms with Crippen molar-refractivity contribution in [3.63, 3.8) is 0 Å². The highest BCUT2D eigenvalue weighted by Gasteiger charge is 2.35. The fourth-order valence-electron chi connectivity index (χ4n) is 4.63. The number of rotatable bonds is 4. The van der Waals surface area contributed by atoms with Gasteiger partial charge in [-0.1, -0.05) is 12.1 Å². The molecule has 0 saturated carbocycles. The number of carbonyl (C=O) groups excluding carboxylic acids is 1. The number of primary amides is 1. The molecular formula is C24H19F3N8O3. The highest BCUT2D eigenvalue weighted by Crippen LogP contribution is 2.34. The van der Waals surface area contributed by atoms with E-state index in [1.807, 2.05) is 4.57 Å². The van der Waals surface area contributed by atoms with E-state index in [1.165, 1.54) is 18.3 Å². The van der Waals surface area contributed by atoms with Crippen molar-refractivity contribution in [3.05, 3.63) is 64.6 Å². The number of fused-ring (bicyclic) bond motifs is 2. The quantitative estimate of drug-likeness (QED) is 0.367. The fourth-order valence-corrected chi connectivity index (χ4v) is 4.63. The van der Waals surface area contributed by atoms with Crippen molar-refractivity contribution < 1.29 is 22.7 Å². The van der Waals surface area contributed by atoms with Gasteiger partial charge in [-0.15, -0.1) is 0 Å². The molecule has 0 radical (unpaired) electrons. The van der Waals surface area contributed by atoms with Crippen LogP contribution in [-0.2, 0) is 10.9 Å². The molecule has 1 saturated heterocycles. The Bertz CT molecular complexity index is 1770. The van der Waals surface area contributed by atoms with Gasteiger partial charge >= 0.3 is 11.9 Å². The Kier molecular flexibility index (Phi) is 5.48. The highest BCUT2D eigenvalue weighted by atomic mass is 19.4. The number of amides is 1. The number of hydrogen-bond donors (Lipinski definition) is 2.